The molecule has 0 atom stereocenters. The second kappa shape index (κ2) is 10.4. The minimum atomic E-state index is 0.102. The number of nitrogens with zero attached hydrogens (tertiary/aromatic N) is 3. The minimum Gasteiger partial charge on any atom is -0.343 e. The van der Waals surface area contributed by atoms with Crippen LogP contribution in [-0.2, 0) is 16.0 Å². The molecule has 2 saturated heterocycles. The Morgan fingerprint density at radius 3 is 2.21 bits per heavy atom. The molecule has 1 aromatic carbocycles. The van der Waals surface area contributed by atoms with E-state index < -0.39 is 0 Å². The van der Waals surface area contributed by atoms with E-state index in [4.69, 9.17) is 0 Å². The summed E-state index contributed by atoms with van der Waals surface area (Å²) in [5.41, 5.74) is 1.32. The molecule has 2 aliphatic rings. The quantitative estimate of drug-likeness (QED) is 0.626. The number of carbonyl (C=O) groups is 2. The SMILES string of the molecule is CN1CCN(C(=O)C2CCN(C(=O)CCCCc3ccc(Br)cc3)CC2)CC1. The van der Waals surface area contributed by atoms with Crippen molar-refractivity contribution in [3.63, 3.8) is 0 Å². The molecule has 0 N–H and O–H groups in total. The first-order chi connectivity index (χ1) is 13.5. The Balaban J connectivity index is 1.33. The normalized spacial score (nSPS) is 19.1. The number of amides is 2. The molecule has 28 heavy (non-hydrogen) atoms. The Bertz CT molecular complexity index is 648. The maximum absolute atomic E-state index is 12.7. The fourth-order valence-electron chi connectivity index (χ4n) is 4.08. The van der Waals surface area contributed by atoms with Crippen LogP contribution in [0.15, 0.2) is 28.7 Å². The zero-order chi connectivity index (χ0) is 19.9. The first-order valence-corrected chi connectivity index (χ1v) is 11.3. The molecule has 154 valence electrons. The number of piperazine rings is 1. The number of hydrogen-bond acceptors (Lipinski definition) is 3. The van der Waals surface area contributed by atoms with Crippen molar-refractivity contribution in [1.29, 1.82) is 0 Å². The topological polar surface area (TPSA) is 43.9 Å². The fourth-order valence-corrected chi connectivity index (χ4v) is 4.34. The Kier molecular flexibility index (Phi) is 7.91. The number of likely N-dealkylation sites (tertiary alicyclic amines) is 1. The summed E-state index contributed by atoms with van der Waals surface area (Å²) in [7, 11) is 2.10. The minimum absolute atomic E-state index is 0.102. The van der Waals surface area contributed by atoms with Crippen molar-refractivity contribution in [3.8, 4) is 0 Å². The van der Waals surface area contributed by atoms with Crippen molar-refractivity contribution in [3.05, 3.63) is 34.3 Å². The monoisotopic (exact) mass is 449 g/mol. The Morgan fingerprint density at radius 2 is 1.57 bits per heavy atom. The van der Waals surface area contributed by atoms with E-state index in [0.29, 0.717) is 12.3 Å². The van der Waals surface area contributed by atoms with Crippen molar-refractivity contribution in [1.82, 2.24) is 14.7 Å². The highest BCUT2D eigenvalue weighted by Crippen LogP contribution is 2.21. The third-order valence-corrected chi connectivity index (χ3v) is 6.56. The molecule has 0 aromatic heterocycles. The van der Waals surface area contributed by atoms with Gasteiger partial charge in [0.2, 0.25) is 11.8 Å². The summed E-state index contributed by atoms with van der Waals surface area (Å²) < 4.78 is 1.10. The molecule has 0 saturated carbocycles. The van der Waals surface area contributed by atoms with E-state index in [1.165, 1.54) is 5.56 Å². The van der Waals surface area contributed by atoms with Gasteiger partial charge in [-0.05, 0) is 56.8 Å². The van der Waals surface area contributed by atoms with Gasteiger partial charge in [-0.25, -0.2) is 0 Å². The maximum atomic E-state index is 12.7. The molecular weight excluding hydrogens is 418 g/mol. The van der Waals surface area contributed by atoms with Crippen LogP contribution in [-0.4, -0.2) is 72.8 Å². The number of halogens is 1. The average Bonchev–Trinajstić information content (AvgIpc) is 2.72. The Hall–Kier alpha value is -1.40. The fraction of sp³-hybridized carbons (Fsp3) is 0.636. The number of unbranched alkanes of at least 4 members (excludes halogenated alkanes) is 1. The summed E-state index contributed by atoms with van der Waals surface area (Å²) in [6, 6.07) is 8.39. The van der Waals surface area contributed by atoms with Gasteiger partial charge in [0.05, 0.1) is 0 Å². The summed E-state index contributed by atoms with van der Waals surface area (Å²) in [4.78, 5) is 31.4. The van der Waals surface area contributed by atoms with Gasteiger partial charge in [-0.2, -0.15) is 0 Å². The molecule has 5 nitrogen and oxygen atoms in total. The average molecular weight is 450 g/mol. The van der Waals surface area contributed by atoms with E-state index in [9.17, 15) is 9.59 Å². The number of carbonyl (C=O) groups excluding carboxylic acids is 2. The van der Waals surface area contributed by atoms with Crippen molar-refractivity contribution in [2.24, 2.45) is 5.92 Å². The number of benzene rings is 1. The molecule has 2 heterocycles. The van der Waals surface area contributed by atoms with E-state index in [2.05, 4.69) is 52.1 Å². The van der Waals surface area contributed by atoms with Crippen LogP contribution in [0.2, 0.25) is 0 Å². The van der Waals surface area contributed by atoms with Gasteiger partial charge in [0.25, 0.3) is 0 Å². The zero-order valence-corrected chi connectivity index (χ0v) is 18.5. The molecular formula is C22H32BrN3O2. The van der Waals surface area contributed by atoms with Crippen molar-refractivity contribution in [2.75, 3.05) is 46.3 Å². The molecule has 0 unspecified atom stereocenters. The van der Waals surface area contributed by atoms with E-state index in [0.717, 1.165) is 75.8 Å². The smallest absolute Gasteiger partial charge is 0.225 e. The summed E-state index contributed by atoms with van der Waals surface area (Å²) in [6.07, 6.45) is 5.22. The lowest BCUT2D eigenvalue weighted by atomic mass is 9.94. The van der Waals surface area contributed by atoms with Gasteiger partial charge in [-0.3, -0.25) is 9.59 Å². The van der Waals surface area contributed by atoms with Gasteiger partial charge < -0.3 is 14.7 Å². The predicted octanol–water partition coefficient (Wildman–Crippen LogP) is 3.17. The molecule has 2 amide bonds. The van der Waals surface area contributed by atoms with Crippen LogP contribution in [0, 0.1) is 5.92 Å². The number of hydrogen-bond donors (Lipinski definition) is 0. The highest BCUT2D eigenvalue weighted by molar-refractivity contribution is 9.10. The van der Waals surface area contributed by atoms with Gasteiger partial charge in [0.1, 0.15) is 0 Å². The van der Waals surface area contributed by atoms with Crippen LogP contribution in [0.1, 0.15) is 37.7 Å². The maximum Gasteiger partial charge on any atom is 0.225 e. The summed E-state index contributed by atoms with van der Waals surface area (Å²) in [5, 5.41) is 0. The summed E-state index contributed by atoms with van der Waals surface area (Å²) >= 11 is 3.45. The molecule has 2 aliphatic heterocycles. The van der Waals surface area contributed by atoms with Crippen molar-refractivity contribution >= 4 is 27.7 Å². The van der Waals surface area contributed by atoms with E-state index in [1.807, 2.05) is 9.80 Å². The standard InChI is InChI=1S/C22H32BrN3O2/c1-24-14-16-26(17-15-24)22(28)19-10-12-25(13-11-19)21(27)5-3-2-4-18-6-8-20(23)9-7-18/h6-9,19H,2-5,10-17H2,1H3. The lowest BCUT2D eigenvalue weighted by Gasteiger charge is -2.37. The van der Waals surface area contributed by atoms with Crippen LogP contribution in [0.4, 0.5) is 0 Å². The predicted molar refractivity (Wildman–Crippen MR) is 115 cm³/mol. The molecule has 1 aromatic rings. The summed E-state index contributed by atoms with van der Waals surface area (Å²) in [5.74, 6) is 0.654. The largest absolute Gasteiger partial charge is 0.343 e. The highest BCUT2D eigenvalue weighted by Gasteiger charge is 2.31. The molecule has 0 bridgehead atoms. The van der Waals surface area contributed by atoms with Crippen LogP contribution in [0.25, 0.3) is 0 Å². The third kappa shape index (κ3) is 6.05. The molecule has 0 spiro atoms. The number of aryl methyl sites for hydroxylation is 1. The van der Waals surface area contributed by atoms with E-state index in [-0.39, 0.29) is 11.8 Å². The molecule has 3 rings (SSSR count). The molecule has 2 fully saturated rings. The van der Waals surface area contributed by atoms with Crippen molar-refractivity contribution in [2.45, 2.75) is 38.5 Å². The number of rotatable bonds is 6. The van der Waals surface area contributed by atoms with Crippen LogP contribution < -0.4 is 0 Å². The summed E-state index contributed by atoms with van der Waals surface area (Å²) in [6.45, 7) is 5.07. The van der Waals surface area contributed by atoms with E-state index in [1.54, 1.807) is 0 Å². The van der Waals surface area contributed by atoms with Gasteiger partial charge in [-0.1, -0.05) is 28.1 Å². The lowest BCUT2D eigenvalue weighted by Crippen LogP contribution is -2.51. The second-order valence-corrected chi connectivity index (χ2v) is 9.03. The van der Waals surface area contributed by atoms with Gasteiger partial charge in [0.15, 0.2) is 0 Å². The van der Waals surface area contributed by atoms with Crippen molar-refractivity contribution < 1.29 is 9.59 Å². The van der Waals surface area contributed by atoms with Gasteiger partial charge >= 0.3 is 0 Å². The lowest BCUT2D eigenvalue weighted by molar-refractivity contribution is -0.142. The van der Waals surface area contributed by atoms with E-state index >= 15 is 0 Å². The second-order valence-electron chi connectivity index (χ2n) is 8.12. The zero-order valence-electron chi connectivity index (χ0n) is 16.9. The first kappa shape index (κ1) is 21.3. The van der Waals surface area contributed by atoms with Crippen LogP contribution >= 0.6 is 15.9 Å². The van der Waals surface area contributed by atoms with Crippen LogP contribution in [0.5, 0.6) is 0 Å². The van der Waals surface area contributed by atoms with Crippen LogP contribution in [0.3, 0.4) is 0 Å². The number of piperidine rings is 1. The molecule has 0 aliphatic carbocycles. The molecule has 6 heteroatoms. The Labute approximate surface area is 177 Å². The number of likely N-dealkylation sites (N-methyl/N-ethyl adjacent to an activating group) is 1. The Morgan fingerprint density at radius 1 is 0.929 bits per heavy atom. The third-order valence-electron chi connectivity index (χ3n) is 6.03. The van der Waals surface area contributed by atoms with Gasteiger partial charge in [-0.15, -0.1) is 0 Å². The molecule has 0 radical (unpaired) electrons. The van der Waals surface area contributed by atoms with Gasteiger partial charge in [0, 0.05) is 56.1 Å². The highest BCUT2D eigenvalue weighted by atomic mass is 79.9. The first-order valence-electron chi connectivity index (χ1n) is 10.5.